The topological polar surface area (TPSA) is 35.2 Å². The molecule has 0 fully saturated rings. The number of para-hydroxylation sites is 1. The second-order valence-corrected chi connectivity index (χ2v) is 3.33. The number of benzene rings is 1. The molecule has 0 heterocycles. The molecule has 0 aromatic heterocycles. The summed E-state index contributed by atoms with van der Waals surface area (Å²) in [5.74, 6) is 0.961. The Bertz CT molecular complexity index is 258. The second-order valence-electron chi connectivity index (χ2n) is 3.33. The summed E-state index contributed by atoms with van der Waals surface area (Å²) in [6, 6.07) is 8.33. The van der Waals surface area contributed by atoms with Gasteiger partial charge in [-0.15, -0.1) is 0 Å². The minimum Gasteiger partial charge on any atom is -0.496 e. The minimum absolute atomic E-state index is 0.255. The highest BCUT2D eigenvalue weighted by molar-refractivity contribution is 5.33. The molecule has 0 saturated heterocycles. The smallest absolute Gasteiger partial charge is 0.122 e. The van der Waals surface area contributed by atoms with Gasteiger partial charge in [0.05, 0.1) is 7.11 Å². The average molecular weight is 179 g/mol. The SMILES string of the molecule is COc1ccccc1CC[C@@H](C)N. The summed E-state index contributed by atoms with van der Waals surface area (Å²) >= 11 is 0. The van der Waals surface area contributed by atoms with Crippen LogP contribution in [0.3, 0.4) is 0 Å². The summed E-state index contributed by atoms with van der Waals surface area (Å²) in [7, 11) is 1.70. The molecule has 0 aliphatic carbocycles. The maximum Gasteiger partial charge on any atom is 0.122 e. The Morgan fingerprint density at radius 2 is 2.08 bits per heavy atom. The fourth-order valence-electron chi connectivity index (χ4n) is 1.29. The quantitative estimate of drug-likeness (QED) is 0.767. The first-order chi connectivity index (χ1) is 6.24. The lowest BCUT2D eigenvalue weighted by Gasteiger charge is -2.09. The molecule has 13 heavy (non-hydrogen) atoms. The number of ether oxygens (including phenoxy) is 1. The van der Waals surface area contributed by atoms with Crippen LogP contribution in [0.15, 0.2) is 24.3 Å². The van der Waals surface area contributed by atoms with Crippen LogP contribution in [-0.4, -0.2) is 13.2 Å². The lowest BCUT2D eigenvalue weighted by Crippen LogP contribution is -2.15. The Kier molecular flexibility index (Phi) is 3.77. The third-order valence-electron chi connectivity index (χ3n) is 2.06. The molecule has 1 aromatic rings. The van der Waals surface area contributed by atoms with E-state index >= 15 is 0 Å². The molecule has 1 atom stereocenters. The van der Waals surface area contributed by atoms with Gasteiger partial charge in [0.15, 0.2) is 0 Å². The van der Waals surface area contributed by atoms with Crippen molar-refractivity contribution in [2.75, 3.05) is 7.11 Å². The number of rotatable bonds is 4. The molecular formula is C11H17NO. The zero-order chi connectivity index (χ0) is 9.68. The predicted octanol–water partition coefficient (Wildman–Crippen LogP) is 1.98. The first kappa shape index (κ1) is 10.1. The van der Waals surface area contributed by atoms with Crippen molar-refractivity contribution in [1.29, 1.82) is 0 Å². The van der Waals surface area contributed by atoms with Crippen molar-refractivity contribution in [3.8, 4) is 5.75 Å². The maximum absolute atomic E-state index is 5.69. The largest absolute Gasteiger partial charge is 0.496 e. The molecule has 0 saturated carbocycles. The summed E-state index contributed by atoms with van der Waals surface area (Å²) in [5, 5.41) is 0. The Morgan fingerprint density at radius 1 is 1.38 bits per heavy atom. The molecule has 72 valence electrons. The van der Waals surface area contributed by atoms with Crippen molar-refractivity contribution in [3.05, 3.63) is 29.8 Å². The average Bonchev–Trinajstić information content (AvgIpc) is 2.15. The lowest BCUT2D eigenvalue weighted by atomic mass is 10.1. The van der Waals surface area contributed by atoms with Gasteiger partial charge in [-0.2, -0.15) is 0 Å². The van der Waals surface area contributed by atoms with E-state index in [1.54, 1.807) is 7.11 Å². The van der Waals surface area contributed by atoms with E-state index in [2.05, 4.69) is 6.07 Å². The first-order valence-corrected chi connectivity index (χ1v) is 4.61. The fourth-order valence-corrected chi connectivity index (χ4v) is 1.29. The lowest BCUT2D eigenvalue weighted by molar-refractivity contribution is 0.408. The highest BCUT2D eigenvalue weighted by Crippen LogP contribution is 2.18. The first-order valence-electron chi connectivity index (χ1n) is 4.61. The molecule has 0 bridgehead atoms. The predicted molar refractivity (Wildman–Crippen MR) is 55.0 cm³/mol. The van der Waals surface area contributed by atoms with Gasteiger partial charge in [-0.25, -0.2) is 0 Å². The van der Waals surface area contributed by atoms with Gasteiger partial charge in [0.25, 0.3) is 0 Å². The Labute approximate surface area is 79.7 Å². The Morgan fingerprint density at radius 3 is 2.69 bits per heavy atom. The van der Waals surface area contributed by atoms with E-state index < -0.39 is 0 Å². The molecule has 0 unspecified atom stereocenters. The van der Waals surface area contributed by atoms with Crippen LogP contribution in [0.4, 0.5) is 0 Å². The molecule has 1 rings (SSSR count). The van der Waals surface area contributed by atoms with Crippen molar-refractivity contribution < 1.29 is 4.74 Å². The summed E-state index contributed by atoms with van der Waals surface area (Å²) in [6.07, 6.45) is 1.99. The highest BCUT2D eigenvalue weighted by Gasteiger charge is 2.02. The number of aryl methyl sites for hydroxylation is 1. The van der Waals surface area contributed by atoms with Gasteiger partial charge in [0.2, 0.25) is 0 Å². The van der Waals surface area contributed by atoms with E-state index in [-0.39, 0.29) is 6.04 Å². The number of nitrogens with two attached hydrogens (primary N) is 1. The minimum atomic E-state index is 0.255. The van der Waals surface area contributed by atoms with Crippen molar-refractivity contribution in [3.63, 3.8) is 0 Å². The van der Waals surface area contributed by atoms with Gasteiger partial charge < -0.3 is 10.5 Å². The molecule has 0 radical (unpaired) electrons. The molecule has 2 nitrogen and oxygen atoms in total. The summed E-state index contributed by atoms with van der Waals surface area (Å²) in [5.41, 5.74) is 6.93. The van der Waals surface area contributed by atoms with Gasteiger partial charge in [-0.1, -0.05) is 18.2 Å². The molecule has 0 amide bonds. The van der Waals surface area contributed by atoms with Gasteiger partial charge in [0, 0.05) is 6.04 Å². The molecule has 1 aromatic carbocycles. The number of hydrogen-bond donors (Lipinski definition) is 1. The maximum atomic E-state index is 5.69. The van der Waals surface area contributed by atoms with Crippen molar-refractivity contribution in [2.45, 2.75) is 25.8 Å². The van der Waals surface area contributed by atoms with Gasteiger partial charge in [-0.05, 0) is 31.4 Å². The molecule has 2 N–H and O–H groups in total. The molecule has 0 spiro atoms. The standard InChI is InChI=1S/C11H17NO/c1-9(12)7-8-10-5-3-4-6-11(10)13-2/h3-6,9H,7-8,12H2,1-2H3/t9-/m1/s1. The highest BCUT2D eigenvalue weighted by atomic mass is 16.5. The third-order valence-corrected chi connectivity index (χ3v) is 2.06. The van der Waals surface area contributed by atoms with Crippen LogP contribution in [0.1, 0.15) is 18.9 Å². The molecule has 0 aliphatic heterocycles. The second kappa shape index (κ2) is 4.87. The van der Waals surface area contributed by atoms with Crippen LogP contribution in [0.25, 0.3) is 0 Å². The van der Waals surface area contributed by atoms with E-state index in [0.717, 1.165) is 18.6 Å². The summed E-state index contributed by atoms with van der Waals surface area (Å²) < 4.78 is 5.24. The van der Waals surface area contributed by atoms with E-state index in [0.29, 0.717) is 0 Å². The fraction of sp³-hybridized carbons (Fsp3) is 0.455. The van der Waals surface area contributed by atoms with Crippen LogP contribution in [0, 0.1) is 0 Å². The number of methoxy groups -OCH3 is 1. The van der Waals surface area contributed by atoms with Crippen LogP contribution in [0.2, 0.25) is 0 Å². The number of hydrogen-bond acceptors (Lipinski definition) is 2. The van der Waals surface area contributed by atoms with E-state index in [9.17, 15) is 0 Å². The van der Waals surface area contributed by atoms with Gasteiger partial charge >= 0.3 is 0 Å². The normalized spacial score (nSPS) is 12.5. The van der Waals surface area contributed by atoms with Crippen LogP contribution in [0.5, 0.6) is 5.75 Å². The van der Waals surface area contributed by atoms with Crippen LogP contribution >= 0.6 is 0 Å². The molecular weight excluding hydrogens is 162 g/mol. The van der Waals surface area contributed by atoms with Crippen molar-refractivity contribution in [2.24, 2.45) is 5.73 Å². The molecule has 0 aliphatic rings. The summed E-state index contributed by atoms with van der Waals surface area (Å²) in [4.78, 5) is 0. The zero-order valence-corrected chi connectivity index (χ0v) is 8.29. The molecule has 2 heteroatoms. The van der Waals surface area contributed by atoms with Crippen molar-refractivity contribution in [1.82, 2.24) is 0 Å². The monoisotopic (exact) mass is 179 g/mol. The van der Waals surface area contributed by atoms with Crippen molar-refractivity contribution >= 4 is 0 Å². The zero-order valence-electron chi connectivity index (χ0n) is 8.29. The Hall–Kier alpha value is -1.02. The van der Waals surface area contributed by atoms with Gasteiger partial charge in [-0.3, -0.25) is 0 Å². The summed E-state index contributed by atoms with van der Waals surface area (Å²) in [6.45, 7) is 2.02. The van der Waals surface area contributed by atoms with E-state index in [4.69, 9.17) is 10.5 Å². The van der Waals surface area contributed by atoms with Crippen LogP contribution in [-0.2, 0) is 6.42 Å². The van der Waals surface area contributed by atoms with Gasteiger partial charge in [0.1, 0.15) is 5.75 Å². The van der Waals surface area contributed by atoms with E-state index in [1.807, 2.05) is 25.1 Å². The van der Waals surface area contributed by atoms with E-state index in [1.165, 1.54) is 5.56 Å². The Balaban J connectivity index is 2.64. The third kappa shape index (κ3) is 3.07. The van der Waals surface area contributed by atoms with Crippen LogP contribution < -0.4 is 10.5 Å².